The maximum Gasteiger partial charge on any atom is 0.235 e. The Balaban J connectivity index is 1.80. The van der Waals surface area contributed by atoms with Gasteiger partial charge in [0.2, 0.25) is 5.91 Å². The zero-order valence-corrected chi connectivity index (χ0v) is 15.2. The van der Waals surface area contributed by atoms with Gasteiger partial charge in [-0.05, 0) is 48.1 Å². The van der Waals surface area contributed by atoms with E-state index in [4.69, 9.17) is 0 Å². The molecule has 0 bridgehead atoms. The van der Waals surface area contributed by atoms with E-state index in [1.165, 1.54) is 5.56 Å². The molecule has 0 fully saturated rings. The molecular weight excluding hydrogens is 326 g/mol. The van der Waals surface area contributed by atoms with Gasteiger partial charge in [0, 0.05) is 5.69 Å². The molecular formula is C20H23N5O. The van der Waals surface area contributed by atoms with Crippen LogP contribution in [0.15, 0.2) is 48.5 Å². The molecule has 0 spiro atoms. The number of aryl methyl sites for hydroxylation is 1. The number of rotatable bonds is 6. The lowest BCUT2D eigenvalue weighted by Crippen LogP contribution is -2.24. The van der Waals surface area contributed by atoms with E-state index in [9.17, 15) is 4.79 Å². The highest BCUT2D eigenvalue weighted by Gasteiger charge is 2.26. The van der Waals surface area contributed by atoms with Gasteiger partial charge >= 0.3 is 0 Å². The number of tetrazole rings is 1. The number of benzene rings is 2. The molecule has 0 aliphatic carbocycles. The zero-order valence-electron chi connectivity index (χ0n) is 15.2. The third-order valence-electron chi connectivity index (χ3n) is 4.52. The van der Waals surface area contributed by atoms with Crippen molar-refractivity contribution < 1.29 is 4.79 Å². The van der Waals surface area contributed by atoms with E-state index in [-0.39, 0.29) is 5.91 Å². The molecule has 2 aromatic carbocycles. The van der Waals surface area contributed by atoms with E-state index in [1.807, 2.05) is 55.5 Å². The predicted molar refractivity (Wildman–Crippen MR) is 101 cm³/mol. The normalized spacial score (nSPS) is 12.2. The Bertz CT molecular complexity index is 856. The molecule has 1 atom stereocenters. The number of hydrogen-bond donors (Lipinski definition) is 2. The largest absolute Gasteiger partial charge is 0.325 e. The van der Waals surface area contributed by atoms with Crippen molar-refractivity contribution in [2.45, 2.75) is 39.0 Å². The van der Waals surface area contributed by atoms with E-state index in [2.05, 4.69) is 39.8 Å². The molecule has 2 N–H and O–H groups in total. The fourth-order valence-electron chi connectivity index (χ4n) is 2.86. The minimum Gasteiger partial charge on any atom is -0.325 e. The van der Waals surface area contributed by atoms with Crippen molar-refractivity contribution in [3.8, 4) is 0 Å². The van der Waals surface area contributed by atoms with Crippen LogP contribution in [0.2, 0.25) is 0 Å². The zero-order chi connectivity index (χ0) is 18.5. The lowest BCUT2D eigenvalue weighted by atomic mass is 9.94. The van der Waals surface area contributed by atoms with Crippen LogP contribution in [0.1, 0.15) is 48.2 Å². The Morgan fingerprint density at radius 3 is 2.46 bits per heavy atom. The summed E-state index contributed by atoms with van der Waals surface area (Å²) < 4.78 is 0. The van der Waals surface area contributed by atoms with Gasteiger partial charge in [0.05, 0.1) is 0 Å². The van der Waals surface area contributed by atoms with Crippen molar-refractivity contribution in [1.29, 1.82) is 0 Å². The molecule has 1 amide bonds. The molecule has 0 radical (unpaired) electrons. The first-order valence-corrected chi connectivity index (χ1v) is 8.73. The van der Waals surface area contributed by atoms with Crippen LogP contribution in [0.5, 0.6) is 0 Å². The second-order valence-electron chi connectivity index (χ2n) is 6.72. The van der Waals surface area contributed by atoms with E-state index in [0.29, 0.717) is 18.2 Å². The molecule has 0 saturated carbocycles. The van der Waals surface area contributed by atoms with Gasteiger partial charge in [-0.15, -0.1) is 10.2 Å². The maximum absolute atomic E-state index is 12.9. The molecule has 26 heavy (non-hydrogen) atoms. The maximum atomic E-state index is 12.9. The second kappa shape index (κ2) is 7.91. The lowest BCUT2D eigenvalue weighted by Gasteiger charge is -2.15. The number of nitrogens with one attached hydrogen (secondary N) is 2. The van der Waals surface area contributed by atoms with Crippen molar-refractivity contribution in [1.82, 2.24) is 20.6 Å². The summed E-state index contributed by atoms with van der Waals surface area (Å²) in [5, 5.41) is 17.1. The van der Waals surface area contributed by atoms with Crippen LogP contribution in [0, 0.1) is 6.92 Å². The van der Waals surface area contributed by atoms with Crippen LogP contribution in [0.3, 0.4) is 0 Å². The predicted octanol–water partition coefficient (Wildman–Crippen LogP) is 3.60. The Morgan fingerprint density at radius 2 is 1.85 bits per heavy atom. The van der Waals surface area contributed by atoms with E-state index < -0.39 is 5.92 Å². The minimum atomic E-state index is -0.514. The number of H-pyrrole nitrogens is 1. The summed E-state index contributed by atoms with van der Waals surface area (Å²) in [6.07, 6.45) is 0.516. The van der Waals surface area contributed by atoms with Crippen molar-refractivity contribution in [2.24, 2.45) is 0 Å². The van der Waals surface area contributed by atoms with Gasteiger partial charge in [-0.25, -0.2) is 0 Å². The topological polar surface area (TPSA) is 83.6 Å². The Hall–Kier alpha value is -3.02. The molecule has 134 valence electrons. The molecule has 0 aliphatic heterocycles. The first kappa shape index (κ1) is 17.8. The quantitative estimate of drug-likeness (QED) is 0.712. The lowest BCUT2D eigenvalue weighted by molar-refractivity contribution is -0.117. The van der Waals surface area contributed by atoms with Crippen LogP contribution in [0.4, 0.5) is 5.69 Å². The number of amides is 1. The highest BCUT2D eigenvalue weighted by atomic mass is 16.1. The van der Waals surface area contributed by atoms with Crippen molar-refractivity contribution in [2.75, 3.05) is 5.32 Å². The Kier molecular flexibility index (Phi) is 5.41. The molecule has 0 aliphatic rings. The molecule has 0 saturated heterocycles. The summed E-state index contributed by atoms with van der Waals surface area (Å²) in [6.45, 7) is 6.31. The molecule has 3 rings (SSSR count). The summed E-state index contributed by atoms with van der Waals surface area (Å²) in [5.74, 6) is 0.184. The fraction of sp³-hybridized carbons (Fsp3) is 0.300. The molecule has 1 heterocycles. The number of aromatic nitrogens is 4. The summed E-state index contributed by atoms with van der Waals surface area (Å²) in [4.78, 5) is 12.9. The summed E-state index contributed by atoms with van der Waals surface area (Å²) in [6, 6.07) is 15.9. The third-order valence-corrected chi connectivity index (χ3v) is 4.52. The standard InChI is InChI=1S/C20H23N5O/c1-13(2)15-8-10-17(11-9-15)21-20(26)18(19-22-24-25-23-19)12-16-7-5-4-6-14(16)3/h4-11,13,18H,12H2,1-3H3,(H,21,26)(H,22,23,24,25)/t18-/m1/s1. The number of carbonyl (C=O) groups excluding carboxylic acids is 1. The van der Waals surface area contributed by atoms with Crippen LogP contribution < -0.4 is 5.32 Å². The number of nitrogens with zero attached hydrogens (tertiary/aromatic N) is 3. The van der Waals surface area contributed by atoms with Gasteiger partial charge in [-0.1, -0.05) is 55.5 Å². The second-order valence-corrected chi connectivity index (χ2v) is 6.72. The Morgan fingerprint density at radius 1 is 1.12 bits per heavy atom. The van der Waals surface area contributed by atoms with Crippen LogP contribution in [-0.2, 0) is 11.2 Å². The SMILES string of the molecule is Cc1ccccc1C[C@@H](C(=O)Nc1ccc(C(C)C)cc1)c1nn[nH]n1. The van der Waals surface area contributed by atoms with Crippen LogP contribution in [0.25, 0.3) is 0 Å². The Labute approximate surface area is 153 Å². The van der Waals surface area contributed by atoms with Gasteiger partial charge in [0.25, 0.3) is 0 Å². The van der Waals surface area contributed by atoms with Crippen LogP contribution >= 0.6 is 0 Å². The monoisotopic (exact) mass is 349 g/mol. The molecule has 3 aromatic rings. The van der Waals surface area contributed by atoms with Crippen molar-refractivity contribution in [3.63, 3.8) is 0 Å². The van der Waals surface area contributed by atoms with E-state index in [1.54, 1.807) is 0 Å². The number of hydrogen-bond acceptors (Lipinski definition) is 4. The van der Waals surface area contributed by atoms with Crippen LogP contribution in [-0.4, -0.2) is 26.5 Å². The van der Waals surface area contributed by atoms with Crippen molar-refractivity contribution in [3.05, 3.63) is 71.0 Å². The smallest absolute Gasteiger partial charge is 0.235 e. The van der Waals surface area contributed by atoms with Gasteiger partial charge < -0.3 is 5.32 Å². The highest BCUT2D eigenvalue weighted by Crippen LogP contribution is 2.23. The van der Waals surface area contributed by atoms with Gasteiger partial charge in [0.1, 0.15) is 5.92 Å². The molecule has 0 unspecified atom stereocenters. The van der Waals surface area contributed by atoms with Gasteiger partial charge in [-0.3, -0.25) is 4.79 Å². The van der Waals surface area contributed by atoms with E-state index in [0.717, 1.165) is 16.8 Å². The number of aromatic amines is 1. The number of carbonyl (C=O) groups is 1. The van der Waals surface area contributed by atoms with Gasteiger partial charge in [-0.2, -0.15) is 5.21 Å². The van der Waals surface area contributed by atoms with E-state index >= 15 is 0 Å². The fourth-order valence-corrected chi connectivity index (χ4v) is 2.86. The van der Waals surface area contributed by atoms with Gasteiger partial charge in [0.15, 0.2) is 5.82 Å². The average Bonchev–Trinajstić information content (AvgIpc) is 3.15. The highest BCUT2D eigenvalue weighted by molar-refractivity contribution is 5.95. The molecule has 1 aromatic heterocycles. The molecule has 6 nitrogen and oxygen atoms in total. The first-order chi connectivity index (χ1) is 12.5. The van der Waals surface area contributed by atoms with Crippen molar-refractivity contribution >= 4 is 11.6 Å². The minimum absolute atomic E-state index is 0.146. The number of anilines is 1. The summed E-state index contributed by atoms with van der Waals surface area (Å²) in [5.41, 5.74) is 4.22. The summed E-state index contributed by atoms with van der Waals surface area (Å²) in [7, 11) is 0. The molecule has 6 heteroatoms. The summed E-state index contributed by atoms with van der Waals surface area (Å²) >= 11 is 0. The first-order valence-electron chi connectivity index (χ1n) is 8.73. The third kappa shape index (κ3) is 4.14. The average molecular weight is 349 g/mol.